The molecule has 1 atom stereocenters. The lowest BCUT2D eigenvalue weighted by atomic mass is 10.1. The molecule has 0 aliphatic carbocycles. The zero-order valence-electron chi connectivity index (χ0n) is 17.3. The van der Waals surface area contributed by atoms with E-state index in [1.165, 1.54) is 24.0 Å². The zero-order valence-corrected chi connectivity index (χ0v) is 18.1. The van der Waals surface area contributed by atoms with Crippen LogP contribution in [0.3, 0.4) is 0 Å². The average molecular weight is 446 g/mol. The fraction of sp³-hybridized carbons (Fsp3) is 0.273. The van der Waals surface area contributed by atoms with Gasteiger partial charge >= 0.3 is 0 Å². The quantitative estimate of drug-likeness (QED) is 0.546. The van der Waals surface area contributed by atoms with E-state index in [1.54, 1.807) is 7.05 Å². The maximum atomic E-state index is 13.8. The first-order chi connectivity index (χ1) is 14.8. The fourth-order valence-corrected chi connectivity index (χ4v) is 4.39. The van der Waals surface area contributed by atoms with Gasteiger partial charge in [-0.25, -0.2) is 12.8 Å². The molecule has 164 valence electrons. The molecule has 0 fully saturated rings. The van der Waals surface area contributed by atoms with E-state index in [1.807, 2.05) is 36.4 Å². The van der Waals surface area contributed by atoms with Gasteiger partial charge in [-0.1, -0.05) is 47.6 Å². The summed E-state index contributed by atoms with van der Waals surface area (Å²) in [7, 11) is -2.56. The molecule has 0 spiro atoms. The Balaban J connectivity index is 1.51. The van der Waals surface area contributed by atoms with Crippen molar-refractivity contribution in [3.05, 3.63) is 72.2 Å². The van der Waals surface area contributed by atoms with Crippen molar-refractivity contribution >= 4 is 15.9 Å². The van der Waals surface area contributed by atoms with Gasteiger partial charge in [-0.15, -0.1) is 0 Å². The number of nitrogens with one attached hydrogen (secondary N) is 1. The number of aryl methyl sites for hydroxylation is 1. The summed E-state index contributed by atoms with van der Waals surface area (Å²) < 4.78 is 46.1. The molecule has 1 heterocycles. The number of nitrogens with zero attached hydrogens (tertiary/aromatic N) is 2. The van der Waals surface area contributed by atoms with Gasteiger partial charge in [0.05, 0.1) is 6.04 Å². The molecule has 31 heavy (non-hydrogen) atoms. The van der Waals surface area contributed by atoms with Gasteiger partial charge in [0.2, 0.25) is 15.9 Å². The topological polar surface area (TPSA) is 92.5 Å². The number of rotatable bonds is 9. The van der Waals surface area contributed by atoms with Crippen LogP contribution < -0.4 is 4.72 Å². The van der Waals surface area contributed by atoms with Crippen LogP contribution in [0, 0.1) is 5.82 Å². The summed E-state index contributed by atoms with van der Waals surface area (Å²) in [6.07, 6.45) is 1.19. The normalized spacial score (nSPS) is 12.5. The third-order valence-electron chi connectivity index (χ3n) is 4.75. The van der Waals surface area contributed by atoms with Gasteiger partial charge in [0.15, 0.2) is 0 Å². The molecule has 1 amide bonds. The summed E-state index contributed by atoms with van der Waals surface area (Å²) in [5.41, 5.74) is 1.71. The number of likely N-dealkylation sites (N-methyl/N-ethyl adjacent to an activating group) is 1. The third-order valence-corrected chi connectivity index (χ3v) is 6.32. The van der Waals surface area contributed by atoms with Gasteiger partial charge in [0, 0.05) is 31.6 Å². The van der Waals surface area contributed by atoms with E-state index in [2.05, 4.69) is 9.88 Å². The highest BCUT2D eigenvalue weighted by atomic mass is 32.2. The van der Waals surface area contributed by atoms with E-state index in [0.717, 1.165) is 23.4 Å². The van der Waals surface area contributed by atoms with Crippen LogP contribution in [-0.4, -0.2) is 44.0 Å². The number of aromatic nitrogens is 1. The van der Waals surface area contributed by atoms with Crippen LogP contribution in [0.15, 0.2) is 70.1 Å². The average Bonchev–Trinajstić information content (AvgIpc) is 3.22. The summed E-state index contributed by atoms with van der Waals surface area (Å²) >= 11 is 0. The van der Waals surface area contributed by atoms with Crippen molar-refractivity contribution in [3.8, 4) is 11.3 Å². The Labute approximate surface area is 180 Å². The Bertz CT molecular complexity index is 1130. The van der Waals surface area contributed by atoms with E-state index in [4.69, 9.17) is 4.52 Å². The van der Waals surface area contributed by atoms with Crippen molar-refractivity contribution in [2.24, 2.45) is 0 Å². The van der Waals surface area contributed by atoms with Gasteiger partial charge in [0.25, 0.3) is 0 Å². The minimum Gasteiger partial charge on any atom is -0.361 e. The van der Waals surface area contributed by atoms with Crippen LogP contribution in [0.2, 0.25) is 0 Å². The Morgan fingerprint density at radius 2 is 1.84 bits per heavy atom. The van der Waals surface area contributed by atoms with Crippen molar-refractivity contribution in [2.45, 2.75) is 30.7 Å². The number of carbonyl (C=O) groups is 1. The summed E-state index contributed by atoms with van der Waals surface area (Å²) in [6, 6.07) is 15.5. The number of halogens is 1. The van der Waals surface area contributed by atoms with Gasteiger partial charge < -0.3 is 9.42 Å². The molecule has 0 saturated heterocycles. The molecule has 0 unspecified atom stereocenters. The van der Waals surface area contributed by atoms with Crippen LogP contribution in [-0.2, 0) is 21.2 Å². The number of hydrogen-bond donors (Lipinski definition) is 1. The summed E-state index contributed by atoms with van der Waals surface area (Å²) in [5.74, 6) is -0.583. The van der Waals surface area contributed by atoms with Gasteiger partial charge in [-0.2, -0.15) is 4.72 Å². The minimum atomic E-state index is -4.15. The van der Waals surface area contributed by atoms with Gasteiger partial charge in [0.1, 0.15) is 22.2 Å². The first-order valence-electron chi connectivity index (χ1n) is 9.81. The first-order valence-corrected chi connectivity index (χ1v) is 11.3. The molecule has 3 rings (SSSR count). The number of carbonyl (C=O) groups excluding carboxylic acids is 1. The molecule has 0 aliphatic rings. The Kier molecular flexibility index (Phi) is 7.19. The zero-order chi connectivity index (χ0) is 22.4. The smallest absolute Gasteiger partial charge is 0.244 e. The monoisotopic (exact) mass is 445 g/mol. The van der Waals surface area contributed by atoms with Crippen molar-refractivity contribution < 1.29 is 22.1 Å². The lowest BCUT2D eigenvalue weighted by Gasteiger charge is -2.22. The first kappa shape index (κ1) is 22.6. The molecule has 0 bridgehead atoms. The third kappa shape index (κ3) is 5.77. The number of benzene rings is 2. The van der Waals surface area contributed by atoms with Crippen molar-refractivity contribution in [3.63, 3.8) is 0 Å². The molecule has 1 N–H and O–H groups in total. The van der Waals surface area contributed by atoms with E-state index in [0.29, 0.717) is 25.1 Å². The minimum absolute atomic E-state index is 0.395. The second kappa shape index (κ2) is 9.84. The Morgan fingerprint density at radius 3 is 2.55 bits per heavy atom. The highest BCUT2D eigenvalue weighted by Crippen LogP contribution is 2.19. The summed E-state index contributed by atoms with van der Waals surface area (Å²) in [5, 5.41) is 4.06. The largest absolute Gasteiger partial charge is 0.361 e. The van der Waals surface area contributed by atoms with E-state index in [9.17, 15) is 17.6 Å². The Morgan fingerprint density at radius 1 is 1.16 bits per heavy atom. The highest BCUT2D eigenvalue weighted by Gasteiger charge is 2.26. The standard InChI is InChI=1S/C22H24FN3O4S/c1-16(25-31(28,29)21-13-7-6-12-19(21)23)22(27)26(2)14-8-11-18-15-20(24-30-18)17-9-4-3-5-10-17/h3-7,9-10,12-13,15-16,25H,8,11,14H2,1-2H3/t16-/m0/s1. The van der Waals surface area contributed by atoms with E-state index < -0.39 is 32.7 Å². The van der Waals surface area contributed by atoms with Crippen molar-refractivity contribution in [2.75, 3.05) is 13.6 Å². The molecule has 7 nitrogen and oxygen atoms in total. The molecule has 0 saturated carbocycles. The lowest BCUT2D eigenvalue weighted by Crippen LogP contribution is -2.45. The predicted molar refractivity (Wildman–Crippen MR) is 114 cm³/mol. The molecule has 9 heteroatoms. The maximum absolute atomic E-state index is 13.8. The maximum Gasteiger partial charge on any atom is 0.244 e. The summed E-state index contributed by atoms with van der Waals surface area (Å²) in [6.45, 7) is 1.83. The van der Waals surface area contributed by atoms with Crippen LogP contribution in [0.5, 0.6) is 0 Å². The van der Waals surface area contributed by atoms with Crippen LogP contribution in [0.25, 0.3) is 11.3 Å². The predicted octanol–water partition coefficient (Wildman–Crippen LogP) is 3.24. The molecule has 3 aromatic rings. The fourth-order valence-electron chi connectivity index (χ4n) is 3.12. The Hall–Kier alpha value is -3.04. The molecular weight excluding hydrogens is 421 g/mol. The molecule has 2 aromatic carbocycles. The highest BCUT2D eigenvalue weighted by molar-refractivity contribution is 7.89. The van der Waals surface area contributed by atoms with Gasteiger partial charge in [-0.05, 0) is 25.5 Å². The lowest BCUT2D eigenvalue weighted by molar-refractivity contribution is -0.131. The molecule has 0 aliphatic heterocycles. The van der Waals surface area contributed by atoms with Crippen LogP contribution in [0.4, 0.5) is 4.39 Å². The SMILES string of the molecule is C[C@H](NS(=O)(=O)c1ccccc1F)C(=O)N(C)CCCc1cc(-c2ccccc2)no1. The molecule has 0 radical (unpaired) electrons. The van der Waals surface area contributed by atoms with Crippen LogP contribution >= 0.6 is 0 Å². The second-order valence-electron chi connectivity index (χ2n) is 7.18. The summed E-state index contributed by atoms with van der Waals surface area (Å²) in [4.78, 5) is 13.5. The van der Waals surface area contributed by atoms with Crippen molar-refractivity contribution in [1.82, 2.24) is 14.8 Å². The van der Waals surface area contributed by atoms with Gasteiger partial charge in [-0.3, -0.25) is 4.79 Å². The van der Waals surface area contributed by atoms with Crippen LogP contribution in [0.1, 0.15) is 19.1 Å². The number of sulfonamides is 1. The van der Waals surface area contributed by atoms with E-state index in [-0.39, 0.29) is 0 Å². The number of amides is 1. The number of hydrogen-bond acceptors (Lipinski definition) is 5. The second-order valence-corrected chi connectivity index (χ2v) is 8.86. The van der Waals surface area contributed by atoms with Crippen molar-refractivity contribution in [1.29, 1.82) is 0 Å². The molecule has 1 aromatic heterocycles. The van der Waals surface area contributed by atoms with E-state index >= 15 is 0 Å². The molecular formula is C22H24FN3O4S.